The molecule has 0 aromatic carbocycles. The van der Waals surface area contributed by atoms with Crippen LogP contribution in [0.3, 0.4) is 0 Å². The molecule has 2 rings (SSSR count). The lowest BCUT2D eigenvalue weighted by molar-refractivity contribution is 0.00578. The van der Waals surface area contributed by atoms with Crippen molar-refractivity contribution in [2.75, 3.05) is 7.11 Å². The first-order valence-electron chi connectivity index (χ1n) is 5.82. The fraction of sp³-hybridized carbons (Fsp3) is 0.583. The van der Waals surface area contributed by atoms with Crippen molar-refractivity contribution in [3.8, 4) is 5.75 Å². The molecule has 6 heteroatoms. The molecule has 0 atom stereocenters. The lowest BCUT2D eigenvalue weighted by Crippen LogP contribution is -2.41. The third kappa shape index (κ3) is 2.22. The number of rotatable bonds is 2. The maximum Gasteiger partial charge on any atom is 0.498 e. The van der Waals surface area contributed by atoms with Gasteiger partial charge in [0.05, 0.1) is 24.5 Å². The van der Waals surface area contributed by atoms with Crippen molar-refractivity contribution in [3.05, 3.63) is 17.4 Å². The molecule has 0 amide bonds. The third-order valence-corrected chi connectivity index (χ3v) is 3.90. The van der Waals surface area contributed by atoms with Crippen molar-refractivity contribution in [3.63, 3.8) is 0 Å². The summed E-state index contributed by atoms with van der Waals surface area (Å²) in [4.78, 5) is 4.07. The highest BCUT2D eigenvalue weighted by atomic mass is 35.5. The fourth-order valence-corrected chi connectivity index (χ4v) is 1.88. The number of hydrogen-bond acceptors (Lipinski definition) is 4. The topological polar surface area (TPSA) is 40.6 Å². The van der Waals surface area contributed by atoms with E-state index in [1.807, 2.05) is 27.7 Å². The van der Waals surface area contributed by atoms with E-state index in [0.29, 0.717) is 16.4 Å². The van der Waals surface area contributed by atoms with Crippen molar-refractivity contribution >= 4 is 24.2 Å². The quantitative estimate of drug-likeness (QED) is 0.608. The molecule has 1 fully saturated rings. The fourth-order valence-electron chi connectivity index (χ4n) is 1.69. The Morgan fingerprint density at radius 1 is 1.22 bits per heavy atom. The zero-order valence-corrected chi connectivity index (χ0v) is 12.0. The van der Waals surface area contributed by atoms with Gasteiger partial charge in [-0.1, -0.05) is 11.6 Å². The highest BCUT2D eigenvalue weighted by Gasteiger charge is 2.52. The summed E-state index contributed by atoms with van der Waals surface area (Å²) >= 11 is 6.09. The molecule has 1 aromatic heterocycles. The Bertz CT molecular complexity index is 449. The Hall–Kier alpha value is -0.775. The molecule has 2 heterocycles. The second-order valence-electron chi connectivity index (χ2n) is 5.34. The maximum atomic E-state index is 6.09. The predicted molar refractivity (Wildman–Crippen MR) is 71.5 cm³/mol. The van der Waals surface area contributed by atoms with E-state index >= 15 is 0 Å². The molecule has 4 nitrogen and oxygen atoms in total. The van der Waals surface area contributed by atoms with Crippen LogP contribution in [0.1, 0.15) is 27.7 Å². The molecule has 0 aliphatic carbocycles. The first-order chi connectivity index (χ1) is 8.27. The van der Waals surface area contributed by atoms with E-state index in [4.69, 9.17) is 25.6 Å². The Labute approximate surface area is 113 Å². The highest BCUT2D eigenvalue weighted by molar-refractivity contribution is 6.65. The van der Waals surface area contributed by atoms with Crippen LogP contribution in [0.2, 0.25) is 5.15 Å². The van der Waals surface area contributed by atoms with Crippen LogP contribution in [0, 0.1) is 0 Å². The van der Waals surface area contributed by atoms with Crippen molar-refractivity contribution in [1.29, 1.82) is 0 Å². The summed E-state index contributed by atoms with van der Waals surface area (Å²) in [6.45, 7) is 7.98. The van der Waals surface area contributed by atoms with E-state index in [9.17, 15) is 0 Å². The van der Waals surface area contributed by atoms with E-state index in [2.05, 4.69) is 4.98 Å². The summed E-state index contributed by atoms with van der Waals surface area (Å²) in [5, 5.41) is 0.370. The van der Waals surface area contributed by atoms with Crippen molar-refractivity contribution in [2.45, 2.75) is 38.9 Å². The van der Waals surface area contributed by atoms with Crippen molar-refractivity contribution < 1.29 is 14.0 Å². The third-order valence-electron chi connectivity index (χ3n) is 3.58. The van der Waals surface area contributed by atoms with Gasteiger partial charge in [0.2, 0.25) is 0 Å². The predicted octanol–water partition coefficient (Wildman–Crippen LogP) is 2.04. The van der Waals surface area contributed by atoms with Gasteiger partial charge >= 0.3 is 7.12 Å². The first-order valence-corrected chi connectivity index (χ1v) is 6.20. The van der Waals surface area contributed by atoms with E-state index in [1.165, 1.54) is 0 Å². The van der Waals surface area contributed by atoms with Crippen LogP contribution >= 0.6 is 11.6 Å². The monoisotopic (exact) mass is 269 g/mol. The Kier molecular flexibility index (Phi) is 3.34. The largest absolute Gasteiger partial charge is 0.498 e. The lowest BCUT2D eigenvalue weighted by Gasteiger charge is -2.32. The summed E-state index contributed by atoms with van der Waals surface area (Å²) in [6, 6.07) is 1.79. The summed E-state index contributed by atoms with van der Waals surface area (Å²) in [6.07, 6.45) is 1.57. The first kappa shape index (κ1) is 13.7. The molecule has 18 heavy (non-hydrogen) atoms. The number of pyridine rings is 1. The van der Waals surface area contributed by atoms with Crippen LogP contribution < -0.4 is 10.2 Å². The standard InChI is InChI=1S/C12H17BClNO3/c1-11(2)12(3,4)18-13(17-11)9-6-8(16-5)7-15-10(9)14/h6-7H,1-5H3. The Morgan fingerprint density at radius 3 is 2.28 bits per heavy atom. The van der Waals surface area contributed by atoms with Crippen LogP contribution in [0.25, 0.3) is 0 Å². The SMILES string of the molecule is COc1cnc(Cl)c(B2OC(C)(C)C(C)(C)O2)c1. The number of nitrogens with zero attached hydrogens (tertiary/aromatic N) is 1. The van der Waals surface area contributed by atoms with Gasteiger partial charge in [0, 0.05) is 5.46 Å². The van der Waals surface area contributed by atoms with Gasteiger partial charge in [-0.3, -0.25) is 0 Å². The molecule has 0 saturated carbocycles. The minimum atomic E-state index is -0.523. The van der Waals surface area contributed by atoms with Gasteiger partial charge in [0.25, 0.3) is 0 Å². The van der Waals surface area contributed by atoms with E-state index < -0.39 is 18.3 Å². The number of hydrogen-bond donors (Lipinski definition) is 0. The van der Waals surface area contributed by atoms with Crippen LogP contribution in [0.5, 0.6) is 5.75 Å². The summed E-state index contributed by atoms with van der Waals surface area (Å²) in [5.41, 5.74) is -0.108. The van der Waals surface area contributed by atoms with Crippen LogP contribution in [-0.2, 0) is 9.31 Å². The zero-order valence-electron chi connectivity index (χ0n) is 11.3. The molecule has 1 aromatic rings. The van der Waals surface area contributed by atoms with Crippen LogP contribution in [0.15, 0.2) is 12.3 Å². The van der Waals surface area contributed by atoms with Crippen molar-refractivity contribution in [1.82, 2.24) is 4.98 Å². The number of ether oxygens (including phenoxy) is 1. The van der Waals surface area contributed by atoms with Gasteiger partial charge in [-0.05, 0) is 33.8 Å². The normalized spacial score (nSPS) is 21.1. The summed E-state index contributed by atoms with van der Waals surface area (Å²) in [7, 11) is 1.06. The average molecular weight is 270 g/mol. The van der Waals surface area contributed by atoms with Gasteiger partial charge in [-0.15, -0.1) is 0 Å². The number of methoxy groups -OCH3 is 1. The van der Waals surface area contributed by atoms with Crippen LogP contribution in [0.4, 0.5) is 0 Å². The van der Waals surface area contributed by atoms with Gasteiger partial charge in [-0.2, -0.15) is 0 Å². The van der Waals surface area contributed by atoms with Gasteiger partial charge in [0.1, 0.15) is 10.9 Å². The average Bonchev–Trinajstić information content (AvgIpc) is 2.48. The number of aromatic nitrogens is 1. The minimum absolute atomic E-state index is 0.370. The van der Waals surface area contributed by atoms with Gasteiger partial charge in [0.15, 0.2) is 0 Å². The van der Waals surface area contributed by atoms with E-state index in [0.717, 1.165) is 0 Å². The minimum Gasteiger partial charge on any atom is -0.495 e. The second kappa shape index (κ2) is 4.40. The molecule has 0 N–H and O–H groups in total. The Balaban J connectivity index is 2.34. The summed E-state index contributed by atoms with van der Waals surface area (Å²) in [5.74, 6) is 0.629. The number of halogens is 1. The Morgan fingerprint density at radius 2 is 1.78 bits per heavy atom. The zero-order chi connectivity index (χ0) is 13.6. The molecule has 1 aliphatic rings. The lowest BCUT2D eigenvalue weighted by atomic mass is 9.80. The van der Waals surface area contributed by atoms with Gasteiger partial charge < -0.3 is 14.0 Å². The molecular weight excluding hydrogens is 252 g/mol. The highest BCUT2D eigenvalue weighted by Crippen LogP contribution is 2.37. The van der Waals surface area contributed by atoms with Gasteiger partial charge in [-0.25, -0.2) is 4.98 Å². The molecule has 0 spiro atoms. The molecule has 0 radical (unpaired) electrons. The summed E-state index contributed by atoms with van der Waals surface area (Å²) < 4.78 is 17.0. The second-order valence-corrected chi connectivity index (χ2v) is 5.70. The molecular formula is C12H17BClNO3. The molecule has 1 aliphatic heterocycles. The van der Waals surface area contributed by atoms with E-state index in [-0.39, 0.29) is 0 Å². The molecule has 1 saturated heterocycles. The molecule has 0 bridgehead atoms. The van der Waals surface area contributed by atoms with Crippen molar-refractivity contribution in [2.24, 2.45) is 0 Å². The van der Waals surface area contributed by atoms with E-state index in [1.54, 1.807) is 19.4 Å². The molecule has 98 valence electrons. The maximum absolute atomic E-state index is 6.09. The van der Waals surface area contributed by atoms with Crippen LogP contribution in [-0.4, -0.2) is 30.4 Å². The smallest absolute Gasteiger partial charge is 0.495 e. The molecule has 0 unspecified atom stereocenters.